The second kappa shape index (κ2) is 6.02. The van der Waals surface area contributed by atoms with Gasteiger partial charge in [0.2, 0.25) is 5.91 Å². The van der Waals surface area contributed by atoms with Gasteiger partial charge in [0.15, 0.2) is 0 Å². The van der Waals surface area contributed by atoms with E-state index in [4.69, 9.17) is 5.73 Å². The van der Waals surface area contributed by atoms with Crippen LogP contribution in [0.15, 0.2) is 0 Å². The molecule has 2 rings (SSSR count). The highest BCUT2D eigenvalue weighted by Crippen LogP contribution is 2.38. The lowest BCUT2D eigenvalue weighted by Crippen LogP contribution is -2.47. The average molecular weight is 253 g/mol. The van der Waals surface area contributed by atoms with E-state index in [2.05, 4.69) is 4.90 Å². The molecule has 0 bridgehead atoms. The van der Waals surface area contributed by atoms with Gasteiger partial charge >= 0.3 is 0 Å². The minimum Gasteiger partial charge on any atom is -0.344 e. The van der Waals surface area contributed by atoms with Gasteiger partial charge in [-0.05, 0) is 38.8 Å². The fourth-order valence-corrected chi connectivity index (χ4v) is 3.36. The van der Waals surface area contributed by atoms with Crippen molar-refractivity contribution in [2.75, 3.05) is 39.8 Å². The molecule has 1 saturated heterocycles. The van der Waals surface area contributed by atoms with Gasteiger partial charge in [-0.25, -0.2) is 0 Å². The molecule has 0 atom stereocenters. The fourth-order valence-electron chi connectivity index (χ4n) is 3.36. The first-order valence-electron chi connectivity index (χ1n) is 7.36. The van der Waals surface area contributed by atoms with Gasteiger partial charge in [0.25, 0.3) is 0 Å². The summed E-state index contributed by atoms with van der Waals surface area (Å²) in [7, 11) is 1.94. The number of likely N-dealkylation sites (N-methyl/N-ethyl adjacent to an activating group) is 1. The van der Waals surface area contributed by atoms with E-state index in [-0.39, 0.29) is 11.3 Å². The van der Waals surface area contributed by atoms with Gasteiger partial charge in [0.05, 0.1) is 5.41 Å². The lowest BCUT2D eigenvalue weighted by molar-refractivity contribution is -0.140. The van der Waals surface area contributed by atoms with Crippen LogP contribution in [0.1, 0.15) is 38.5 Å². The number of likely N-dealkylation sites (tertiary alicyclic amines) is 1. The quantitative estimate of drug-likeness (QED) is 0.797. The van der Waals surface area contributed by atoms with Crippen LogP contribution >= 0.6 is 0 Å². The van der Waals surface area contributed by atoms with E-state index in [1.807, 2.05) is 11.9 Å². The molecule has 4 nitrogen and oxygen atoms in total. The summed E-state index contributed by atoms with van der Waals surface area (Å²) in [5, 5.41) is 0. The van der Waals surface area contributed by atoms with Crippen molar-refractivity contribution in [3.63, 3.8) is 0 Å². The van der Waals surface area contributed by atoms with Crippen molar-refractivity contribution in [1.82, 2.24) is 9.80 Å². The number of nitrogens with zero attached hydrogens (tertiary/aromatic N) is 2. The molecule has 2 N–H and O–H groups in total. The predicted octanol–water partition coefficient (Wildman–Crippen LogP) is 1.06. The molecule has 0 aromatic heterocycles. The molecule has 1 aliphatic heterocycles. The molecule has 0 aromatic carbocycles. The first kappa shape index (κ1) is 13.8. The van der Waals surface area contributed by atoms with E-state index in [1.165, 1.54) is 25.9 Å². The Hall–Kier alpha value is -0.610. The summed E-state index contributed by atoms with van der Waals surface area (Å²) in [6.45, 7) is 4.78. The molecule has 18 heavy (non-hydrogen) atoms. The summed E-state index contributed by atoms with van der Waals surface area (Å²) in [6.07, 6.45) is 6.90. The smallest absolute Gasteiger partial charge is 0.229 e. The third-order valence-corrected chi connectivity index (χ3v) is 4.70. The molecule has 0 aromatic rings. The lowest BCUT2D eigenvalue weighted by atomic mass is 9.85. The standard InChI is InChI=1S/C14H27N3O/c1-16(10-11-17-8-4-5-9-17)13(18)14(12-15)6-2-3-7-14/h2-12,15H2,1H3. The Morgan fingerprint density at radius 1 is 1.22 bits per heavy atom. The average Bonchev–Trinajstić information content (AvgIpc) is 3.06. The Bertz CT molecular complexity index is 281. The molecule has 4 heteroatoms. The Morgan fingerprint density at radius 3 is 2.39 bits per heavy atom. The number of carbonyl (C=O) groups is 1. The third-order valence-electron chi connectivity index (χ3n) is 4.70. The van der Waals surface area contributed by atoms with E-state index >= 15 is 0 Å². The molecule has 1 saturated carbocycles. The van der Waals surface area contributed by atoms with Crippen LogP contribution in [-0.4, -0.2) is 55.5 Å². The maximum absolute atomic E-state index is 12.5. The maximum atomic E-state index is 12.5. The summed E-state index contributed by atoms with van der Waals surface area (Å²) in [5.74, 6) is 0.279. The van der Waals surface area contributed by atoms with Crippen molar-refractivity contribution in [3.8, 4) is 0 Å². The molecule has 0 spiro atoms. The normalized spacial score (nSPS) is 23.4. The minimum atomic E-state index is -0.236. The van der Waals surface area contributed by atoms with Gasteiger partial charge in [0.1, 0.15) is 0 Å². The topological polar surface area (TPSA) is 49.6 Å². The van der Waals surface area contributed by atoms with Crippen molar-refractivity contribution >= 4 is 5.91 Å². The highest BCUT2D eigenvalue weighted by molar-refractivity contribution is 5.83. The highest BCUT2D eigenvalue weighted by atomic mass is 16.2. The molecular formula is C14H27N3O. The molecule has 1 amide bonds. The van der Waals surface area contributed by atoms with Crippen molar-refractivity contribution in [2.45, 2.75) is 38.5 Å². The zero-order chi connectivity index (χ0) is 13.0. The summed E-state index contributed by atoms with van der Waals surface area (Å²) >= 11 is 0. The monoisotopic (exact) mass is 253 g/mol. The van der Waals surface area contributed by atoms with Crippen molar-refractivity contribution < 1.29 is 4.79 Å². The van der Waals surface area contributed by atoms with Gasteiger partial charge in [0, 0.05) is 26.7 Å². The van der Waals surface area contributed by atoms with Gasteiger partial charge in [-0.15, -0.1) is 0 Å². The van der Waals surface area contributed by atoms with E-state index < -0.39 is 0 Å². The zero-order valence-corrected chi connectivity index (χ0v) is 11.7. The molecule has 0 radical (unpaired) electrons. The van der Waals surface area contributed by atoms with Crippen molar-refractivity contribution in [3.05, 3.63) is 0 Å². The molecule has 2 fully saturated rings. The fraction of sp³-hybridized carbons (Fsp3) is 0.929. The number of nitrogens with two attached hydrogens (primary N) is 1. The Kier molecular flexibility index (Phi) is 4.62. The van der Waals surface area contributed by atoms with Crippen LogP contribution < -0.4 is 5.73 Å². The van der Waals surface area contributed by atoms with Crippen LogP contribution in [0.5, 0.6) is 0 Å². The van der Waals surface area contributed by atoms with E-state index in [0.717, 1.165) is 38.8 Å². The SMILES string of the molecule is CN(CCN1CCCC1)C(=O)C1(CN)CCCC1. The number of amides is 1. The van der Waals surface area contributed by atoms with Gasteiger partial charge in [-0.2, -0.15) is 0 Å². The molecule has 1 heterocycles. The van der Waals surface area contributed by atoms with Crippen LogP contribution in [-0.2, 0) is 4.79 Å². The summed E-state index contributed by atoms with van der Waals surface area (Å²) in [5.41, 5.74) is 5.63. The largest absolute Gasteiger partial charge is 0.344 e. The Morgan fingerprint density at radius 2 is 1.83 bits per heavy atom. The zero-order valence-electron chi connectivity index (χ0n) is 11.7. The summed E-state index contributed by atoms with van der Waals surface area (Å²) < 4.78 is 0. The first-order chi connectivity index (χ1) is 8.68. The van der Waals surface area contributed by atoms with Gasteiger partial charge < -0.3 is 15.5 Å². The number of rotatable bonds is 5. The third kappa shape index (κ3) is 2.86. The molecule has 104 valence electrons. The molecular weight excluding hydrogens is 226 g/mol. The van der Waals surface area contributed by atoms with E-state index in [9.17, 15) is 4.79 Å². The van der Waals surface area contributed by atoms with Gasteiger partial charge in [-0.3, -0.25) is 4.79 Å². The van der Waals surface area contributed by atoms with Crippen molar-refractivity contribution in [2.24, 2.45) is 11.1 Å². The molecule has 2 aliphatic rings. The van der Waals surface area contributed by atoms with Crippen LogP contribution in [0.25, 0.3) is 0 Å². The van der Waals surface area contributed by atoms with Crippen LogP contribution in [0.2, 0.25) is 0 Å². The molecule has 1 aliphatic carbocycles. The van der Waals surface area contributed by atoms with Crippen LogP contribution in [0.3, 0.4) is 0 Å². The van der Waals surface area contributed by atoms with Crippen molar-refractivity contribution in [1.29, 1.82) is 0 Å². The Balaban J connectivity index is 1.83. The van der Waals surface area contributed by atoms with Crippen LogP contribution in [0, 0.1) is 5.41 Å². The second-order valence-electron chi connectivity index (χ2n) is 5.97. The summed E-state index contributed by atoms with van der Waals surface area (Å²) in [4.78, 5) is 16.9. The maximum Gasteiger partial charge on any atom is 0.229 e. The predicted molar refractivity (Wildman–Crippen MR) is 73.3 cm³/mol. The first-order valence-corrected chi connectivity index (χ1v) is 7.36. The minimum absolute atomic E-state index is 0.236. The van der Waals surface area contributed by atoms with Crippen LogP contribution in [0.4, 0.5) is 0 Å². The lowest BCUT2D eigenvalue weighted by Gasteiger charge is -2.32. The molecule has 0 unspecified atom stereocenters. The van der Waals surface area contributed by atoms with E-state index in [0.29, 0.717) is 6.54 Å². The highest BCUT2D eigenvalue weighted by Gasteiger charge is 2.41. The number of hydrogen-bond donors (Lipinski definition) is 1. The Labute approximate surface area is 110 Å². The second-order valence-corrected chi connectivity index (χ2v) is 5.97. The number of carbonyl (C=O) groups excluding carboxylic acids is 1. The summed E-state index contributed by atoms with van der Waals surface area (Å²) in [6, 6.07) is 0. The van der Waals surface area contributed by atoms with E-state index in [1.54, 1.807) is 0 Å². The van der Waals surface area contributed by atoms with Gasteiger partial charge in [-0.1, -0.05) is 12.8 Å². The number of hydrogen-bond acceptors (Lipinski definition) is 3.